The lowest BCUT2D eigenvalue weighted by molar-refractivity contribution is 0.831. The van der Waals surface area contributed by atoms with Crippen LogP contribution in [0.15, 0.2) is 17.5 Å². The van der Waals surface area contributed by atoms with Crippen molar-refractivity contribution in [1.29, 1.82) is 0 Å². The smallest absolute Gasteiger partial charge is 0.0120 e. The highest BCUT2D eigenvalue weighted by Crippen LogP contribution is 2.34. The van der Waals surface area contributed by atoms with Crippen LogP contribution in [0.1, 0.15) is 43.0 Å². The van der Waals surface area contributed by atoms with Crippen molar-refractivity contribution in [2.75, 3.05) is 0 Å². The Bertz CT molecular complexity index is 307. The normalized spacial score (nSPS) is 19.0. The van der Waals surface area contributed by atoms with Crippen LogP contribution in [0.2, 0.25) is 0 Å². The van der Waals surface area contributed by atoms with E-state index in [1.54, 1.807) is 16.0 Å². The van der Waals surface area contributed by atoms with Gasteiger partial charge in [0.2, 0.25) is 0 Å². The molecule has 0 fully saturated rings. The molecular weight excluding hydrogens is 176 g/mol. The highest BCUT2D eigenvalue weighted by atomic mass is 32.1. The van der Waals surface area contributed by atoms with Gasteiger partial charge in [0, 0.05) is 4.88 Å². The molecule has 0 saturated carbocycles. The maximum absolute atomic E-state index is 2.44. The lowest BCUT2D eigenvalue weighted by atomic mass is 9.92. The molecule has 1 aromatic heterocycles. The molecule has 0 N–H and O–H groups in total. The summed E-state index contributed by atoms with van der Waals surface area (Å²) in [5.74, 6) is 0. The molecule has 1 heteroatoms. The van der Waals surface area contributed by atoms with Gasteiger partial charge in [0.05, 0.1) is 0 Å². The molecule has 0 saturated heterocycles. The van der Waals surface area contributed by atoms with Gasteiger partial charge in [-0.25, -0.2) is 0 Å². The number of unbranched alkanes of at least 4 members (excludes halogenated alkanes) is 1. The van der Waals surface area contributed by atoms with Gasteiger partial charge in [0.15, 0.2) is 0 Å². The average Bonchev–Trinajstić information content (AvgIpc) is 2.62. The second kappa shape index (κ2) is 4.10. The van der Waals surface area contributed by atoms with Gasteiger partial charge in [-0.2, -0.15) is 0 Å². The van der Waals surface area contributed by atoms with E-state index < -0.39 is 0 Å². The van der Waals surface area contributed by atoms with E-state index in [4.69, 9.17) is 0 Å². The fourth-order valence-electron chi connectivity index (χ4n) is 1.92. The lowest BCUT2D eigenvalue weighted by Crippen LogP contribution is -1.97. The average molecular weight is 192 g/mol. The minimum atomic E-state index is 1.24. The van der Waals surface area contributed by atoms with E-state index in [1.165, 1.54) is 32.1 Å². The number of hydrogen-bond acceptors (Lipinski definition) is 1. The Morgan fingerprint density at radius 1 is 1.46 bits per heavy atom. The Morgan fingerprint density at radius 3 is 3.23 bits per heavy atom. The van der Waals surface area contributed by atoms with Crippen LogP contribution in [0.25, 0.3) is 5.57 Å². The first-order valence-electron chi connectivity index (χ1n) is 5.17. The summed E-state index contributed by atoms with van der Waals surface area (Å²) in [6, 6.07) is 2.29. The number of fused-ring (bicyclic) bond motifs is 1. The molecule has 0 atom stereocenters. The van der Waals surface area contributed by atoms with E-state index in [9.17, 15) is 0 Å². The molecule has 0 amide bonds. The number of rotatable bonds is 2. The molecule has 1 aliphatic rings. The van der Waals surface area contributed by atoms with Crippen LogP contribution in [0.4, 0.5) is 0 Å². The third kappa shape index (κ3) is 1.86. The van der Waals surface area contributed by atoms with E-state index >= 15 is 0 Å². The molecule has 0 aliphatic heterocycles. The van der Waals surface area contributed by atoms with Gasteiger partial charge in [-0.15, -0.1) is 11.3 Å². The molecule has 70 valence electrons. The second-order valence-electron chi connectivity index (χ2n) is 3.63. The van der Waals surface area contributed by atoms with Crippen LogP contribution in [-0.4, -0.2) is 0 Å². The van der Waals surface area contributed by atoms with Crippen molar-refractivity contribution in [2.24, 2.45) is 0 Å². The maximum atomic E-state index is 2.44. The summed E-state index contributed by atoms with van der Waals surface area (Å²) >= 11 is 1.92. The summed E-state index contributed by atoms with van der Waals surface area (Å²) in [5.41, 5.74) is 3.15. The molecule has 13 heavy (non-hydrogen) atoms. The highest BCUT2D eigenvalue weighted by Gasteiger charge is 2.13. The third-order valence-corrected chi connectivity index (χ3v) is 3.60. The topological polar surface area (TPSA) is 0 Å². The van der Waals surface area contributed by atoms with Gasteiger partial charge in [0.1, 0.15) is 0 Å². The largest absolute Gasteiger partial charge is 0.148 e. The summed E-state index contributed by atoms with van der Waals surface area (Å²) in [6.45, 7) is 2.24. The molecular formula is C12H16S. The van der Waals surface area contributed by atoms with Gasteiger partial charge in [0.25, 0.3) is 0 Å². The molecule has 0 aromatic carbocycles. The minimum absolute atomic E-state index is 1.24. The molecule has 0 bridgehead atoms. The summed E-state index contributed by atoms with van der Waals surface area (Å²) in [7, 11) is 0. The van der Waals surface area contributed by atoms with Crippen molar-refractivity contribution < 1.29 is 0 Å². The van der Waals surface area contributed by atoms with Gasteiger partial charge in [-0.05, 0) is 48.3 Å². The Hall–Kier alpha value is -0.560. The Balaban J connectivity index is 2.25. The Labute approximate surface area is 84.3 Å². The lowest BCUT2D eigenvalue weighted by Gasteiger charge is -2.14. The van der Waals surface area contributed by atoms with Crippen LogP contribution in [0, 0.1) is 0 Å². The fraction of sp³-hybridized carbons (Fsp3) is 0.500. The fourth-order valence-corrected chi connectivity index (χ4v) is 2.88. The van der Waals surface area contributed by atoms with E-state index in [0.717, 1.165) is 0 Å². The number of thiophene rings is 1. The van der Waals surface area contributed by atoms with E-state index in [2.05, 4.69) is 24.4 Å². The quantitative estimate of drug-likeness (QED) is 0.656. The minimum Gasteiger partial charge on any atom is -0.148 e. The first-order chi connectivity index (χ1) is 6.42. The van der Waals surface area contributed by atoms with Crippen LogP contribution in [0.5, 0.6) is 0 Å². The van der Waals surface area contributed by atoms with Crippen LogP contribution >= 0.6 is 11.3 Å². The molecule has 0 unspecified atom stereocenters. The highest BCUT2D eigenvalue weighted by molar-refractivity contribution is 7.10. The zero-order valence-electron chi connectivity index (χ0n) is 8.18. The monoisotopic (exact) mass is 192 g/mol. The predicted octanol–water partition coefficient (Wildman–Crippen LogP) is 4.27. The summed E-state index contributed by atoms with van der Waals surface area (Å²) in [5, 5.41) is 2.23. The number of allylic oxidation sites excluding steroid dienone is 2. The van der Waals surface area contributed by atoms with Gasteiger partial charge < -0.3 is 0 Å². The van der Waals surface area contributed by atoms with E-state index in [1.807, 2.05) is 11.3 Å². The van der Waals surface area contributed by atoms with E-state index in [0.29, 0.717) is 0 Å². The van der Waals surface area contributed by atoms with Crippen molar-refractivity contribution in [1.82, 2.24) is 0 Å². The zero-order valence-corrected chi connectivity index (χ0v) is 8.99. The molecule has 0 spiro atoms. The molecule has 1 heterocycles. The van der Waals surface area contributed by atoms with Crippen molar-refractivity contribution in [3.63, 3.8) is 0 Å². The SMILES string of the molecule is CCC/C=C1\CCCc2sccc21. The van der Waals surface area contributed by atoms with Gasteiger partial charge in [-0.1, -0.05) is 19.4 Å². The summed E-state index contributed by atoms with van der Waals surface area (Å²) in [6.07, 6.45) is 8.89. The molecule has 1 aromatic rings. The van der Waals surface area contributed by atoms with Gasteiger partial charge in [-0.3, -0.25) is 0 Å². The first-order valence-corrected chi connectivity index (χ1v) is 6.05. The molecule has 2 rings (SSSR count). The van der Waals surface area contributed by atoms with Crippen molar-refractivity contribution in [3.05, 3.63) is 28.0 Å². The van der Waals surface area contributed by atoms with Crippen LogP contribution in [0.3, 0.4) is 0 Å². The molecule has 0 nitrogen and oxygen atoms in total. The molecule has 0 radical (unpaired) electrons. The third-order valence-electron chi connectivity index (χ3n) is 2.62. The Kier molecular flexibility index (Phi) is 2.84. The first kappa shape index (κ1) is 9.01. The summed E-state index contributed by atoms with van der Waals surface area (Å²) < 4.78 is 0. The zero-order chi connectivity index (χ0) is 9.10. The van der Waals surface area contributed by atoms with Gasteiger partial charge >= 0.3 is 0 Å². The van der Waals surface area contributed by atoms with Crippen LogP contribution in [-0.2, 0) is 6.42 Å². The van der Waals surface area contributed by atoms with Crippen molar-refractivity contribution >= 4 is 16.9 Å². The second-order valence-corrected chi connectivity index (χ2v) is 4.63. The van der Waals surface area contributed by atoms with E-state index in [-0.39, 0.29) is 0 Å². The molecule has 1 aliphatic carbocycles. The Morgan fingerprint density at radius 2 is 2.38 bits per heavy atom. The standard InChI is InChI=1S/C12H16S/c1-2-3-5-10-6-4-7-12-11(10)8-9-13-12/h5,8-9H,2-4,6-7H2,1H3/b10-5+. The van der Waals surface area contributed by atoms with Crippen molar-refractivity contribution in [3.8, 4) is 0 Å². The van der Waals surface area contributed by atoms with Crippen molar-refractivity contribution in [2.45, 2.75) is 39.0 Å². The number of aryl methyl sites for hydroxylation is 1. The number of hydrogen-bond donors (Lipinski definition) is 0. The van der Waals surface area contributed by atoms with Crippen LogP contribution < -0.4 is 0 Å². The maximum Gasteiger partial charge on any atom is 0.0120 e. The summed E-state index contributed by atoms with van der Waals surface area (Å²) in [4.78, 5) is 1.61. The predicted molar refractivity (Wildman–Crippen MR) is 60.1 cm³/mol.